The van der Waals surface area contributed by atoms with Crippen LogP contribution >= 0.6 is 0 Å². The van der Waals surface area contributed by atoms with Crippen LogP contribution in [0.25, 0.3) is 0 Å². The summed E-state index contributed by atoms with van der Waals surface area (Å²) in [6.07, 6.45) is -2.90. The summed E-state index contributed by atoms with van der Waals surface area (Å²) in [5, 5.41) is 8.46. The van der Waals surface area contributed by atoms with Crippen LogP contribution in [0.15, 0.2) is 6.07 Å². The highest BCUT2D eigenvalue weighted by atomic mass is 19.3. The molecule has 0 aromatic carbocycles. The maximum Gasteiger partial charge on any atom is 0.280 e. The number of rotatable bonds is 2. The van der Waals surface area contributed by atoms with Gasteiger partial charge in [-0.05, 0) is 0 Å². The third-order valence-corrected chi connectivity index (χ3v) is 1.51. The lowest BCUT2D eigenvalue weighted by atomic mass is 10.2. The standard InChI is InChI=1S/C8H5F3N2O/c1-14-6-2-5(7(9)10)13-8(11)4(6)3-12/h2,7H,1H3. The minimum atomic E-state index is -2.90. The van der Waals surface area contributed by atoms with Crippen molar-refractivity contribution in [3.05, 3.63) is 23.3 Å². The Hall–Kier alpha value is -1.77. The molecular weight excluding hydrogens is 197 g/mol. The zero-order valence-corrected chi connectivity index (χ0v) is 7.09. The molecule has 0 fully saturated rings. The van der Waals surface area contributed by atoms with Gasteiger partial charge in [-0.25, -0.2) is 13.8 Å². The molecule has 1 aromatic rings. The van der Waals surface area contributed by atoms with Crippen molar-refractivity contribution in [2.45, 2.75) is 6.43 Å². The van der Waals surface area contributed by atoms with Gasteiger partial charge >= 0.3 is 0 Å². The first kappa shape index (κ1) is 10.3. The first-order valence-corrected chi connectivity index (χ1v) is 3.52. The molecule has 1 rings (SSSR count). The van der Waals surface area contributed by atoms with Gasteiger partial charge in [0, 0.05) is 6.07 Å². The smallest absolute Gasteiger partial charge is 0.280 e. The molecule has 0 aliphatic rings. The molecule has 0 unspecified atom stereocenters. The van der Waals surface area contributed by atoms with Crippen LogP contribution in [0.3, 0.4) is 0 Å². The van der Waals surface area contributed by atoms with Crippen molar-refractivity contribution in [1.82, 2.24) is 4.98 Å². The van der Waals surface area contributed by atoms with E-state index in [9.17, 15) is 13.2 Å². The van der Waals surface area contributed by atoms with E-state index in [0.29, 0.717) is 0 Å². The number of hydrogen-bond donors (Lipinski definition) is 0. The van der Waals surface area contributed by atoms with Crippen LogP contribution in [-0.4, -0.2) is 12.1 Å². The fourth-order valence-corrected chi connectivity index (χ4v) is 0.884. The third kappa shape index (κ3) is 1.76. The lowest BCUT2D eigenvalue weighted by molar-refractivity contribution is 0.144. The van der Waals surface area contributed by atoms with Gasteiger partial charge in [0.05, 0.1) is 7.11 Å². The van der Waals surface area contributed by atoms with Crippen molar-refractivity contribution in [3.63, 3.8) is 0 Å². The SMILES string of the molecule is COc1cc(C(F)F)nc(F)c1C#N. The van der Waals surface area contributed by atoms with Gasteiger partial charge in [0.2, 0.25) is 5.95 Å². The van der Waals surface area contributed by atoms with Crippen molar-refractivity contribution < 1.29 is 17.9 Å². The largest absolute Gasteiger partial charge is 0.495 e. The first-order valence-electron chi connectivity index (χ1n) is 3.52. The molecule has 0 atom stereocenters. The Bertz CT molecular complexity index is 387. The Morgan fingerprint density at radius 2 is 2.21 bits per heavy atom. The molecule has 0 bridgehead atoms. The number of nitriles is 1. The van der Waals surface area contributed by atoms with Gasteiger partial charge < -0.3 is 4.74 Å². The van der Waals surface area contributed by atoms with Gasteiger partial charge in [0.1, 0.15) is 23.1 Å². The number of halogens is 3. The van der Waals surface area contributed by atoms with Crippen LogP contribution in [-0.2, 0) is 0 Å². The average molecular weight is 202 g/mol. The Labute approximate surface area is 77.7 Å². The van der Waals surface area contributed by atoms with Crippen LogP contribution in [0.4, 0.5) is 13.2 Å². The molecule has 1 heterocycles. The topological polar surface area (TPSA) is 45.9 Å². The Balaban J connectivity index is 3.33. The number of aromatic nitrogens is 1. The van der Waals surface area contributed by atoms with E-state index in [2.05, 4.69) is 9.72 Å². The second-order valence-electron chi connectivity index (χ2n) is 2.33. The van der Waals surface area contributed by atoms with Gasteiger partial charge in [-0.2, -0.15) is 9.65 Å². The number of nitrogens with zero attached hydrogens (tertiary/aromatic N) is 2. The number of hydrogen-bond acceptors (Lipinski definition) is 3. The van der Waals surface area contributed by atoms with E-state index < -0.39 is 23.6 Å². The number of alkyl halides is 2. The van der Waals surface area contributed by atoms with Crippen molar-refractivity contribution in [3.8, 4) is 11.8 Å². The average Bonchev–Trinajstić information content (AvgIpc) is 2.16. The van der Waals surface area contributed by atoms with Gasteiger partial charge in [-0.15, -0.1) is 0 Å². The molecule has 6 heteroatoms. The van der Waals surface area contributed by atoms with Crippen molar-refractivity contribution in [2.24, 2.45) is 0 Å². The molecule has 0 aliphatic carbocycles. The lowest BCUT2D eigenvalue weighted by Gasteiger charge is -2.05. The van der Waals surface area contributed by atoms with Crippen LogP contribution in [0.5, 0.6) is 5.75 Å². The molecule has 0 saturated carbocycles. The van der Waals surface area contributed by atoms with E-state index in [1.54, 1.807) is 0 Å². The lowest BCUT2D eigenvalue weighted by Crippen LogP contribution is -2.00. The second kappa shape index (κ2) is 3.96. The highest BCUT2D eigenvalue weighted by molar-refractivity contribution is 5.43. The van der Waals surface area contributed by atoms with E-state index in [-0.39, 0.29) is 5.75 Å². The Morgan fingerprint density at radius 1 is 1.57 bits per heavy atom. The van der Waals surface area contributed by atoms with Crippen molar-refractivity contribution in [2.75, 3.05) is 7.11 Å². The minimum Gasteiger partial charge on any atom is -0.495 e. The van der Waals surface area contributed by atoms with E-state index in [1.807, 2.05) is 0 Å². The predicted octanol–water partition coefficient (Wildman–Crippen LogP) is 2.04. The molecule has 0 N–H and O–H groups in total. The number of ether oxygens (including phenoxy) is 1. The minimum absolute atomic E-state index is 0.240. The molecule has 14 heavy (non-hydrogen) atoms. The summed E-state index contributed by atoms with van der Waals surface area (Å²) in [4.78, 5) is 2.93. The van der Waals surface area contributed by atoms with Gasteiger partial charge in [-0.1, -0.05) is 0 Å². The summed E-state index contributed by atoms with van der Waals surface area (Å²) >= 11 is 0. The maximum atomic E-state index is 12.9. The summed E-state index contributed by atoms with van der Waals surface area (Å²) in [6.45, 7) is 0. The van der Waals surface area contributed by atoms with E-state index in [1.165, 1.54) is 6.07 Å². The monoisotopic (exact) mass is 202 g/mol. The quantitative estimate of drug-likeness (QED) is 0.689. The molecule has 0 amide bonds. The van der Waals surface area contributed by atoms with Gasteiger partial charge in [-0.3, -0.25) is 0 Å². The maximum absolute atomic E-state index is 12.9. The highest BCUT2D eigenvalue weighted by Gasteiger charge is 2.17. The summed E-state index contributed by atoms with van der Waals surface area (Å²) in [7, 11) is 1.16. The molecule has 0 radical (unpaired) electrons. The predicted molar refractivity (Wildman–Crippen MR) is 40.4 cm³/mol. The summed E-state index contributed by atoms with van der Waals surface area (Å²) in [5.74, 6) is -1.49. The summed E-state index contributed by atoms with van der Waals surface area (Å²) in [5.41, 5.74) is -1.23. The molecular formula is C8H5F3N2O. The fraction of sp³-hybridized carbons (Fsp3) is 0.250. The van der Waals surface area contributed by atoms with Crippen molar-refractivity contribution >= 4 is 0 Å². The first-order chi connectivity index (χ1) is 6.60. The zero-order chi connectivity index (χ0) is 10.7. The summed E-state index contributed by atoms with van der Waals surface area (Å²) in [6, 6.07) is 2.31. The van der Waals surface area contributed by atoms with Crippen LogP contribution in [0.1, 0.15) is 17.7 Å². The van der Waals surface area contributed by atoms with Gasteiger partial charge in [0.15, 0.2) is 0 Å². The zero-order valence-electron chi connectivity index (χ0n) is 7.09. The van der Waals surface area contributed by atoms with Crippen LogP contribution < -0.4 is 4.74 Å². The van der Waals surface area contributed by atoms with E-state index in [0.717, 1.165) is 13.2 Å². The highest BCUT2D eigenvalue weighted by Crippen LogP contribution is 2.25. The van der Waals surface area contributed by atoms with E-state index >= 15 is 0 Å². The Morgan fingerprint density at radius 3 is 2.64 bits per heavy atom. The van der Waals surface area contributed by atoms with Crippen LogP contribution in [0.2, 0.25) is 0 Å². The molecule has 3 nitrogen and oxygen atoms in total. The van der Waals surface area contributed by atoms with Gasteiger partial charge in [0.25, 0.3) is 6.43 Å². The number of pyridine rings is 1. The van der Waals surface area contributed by atoms with Crippen LogP contribution in [0, 0.1) is 17.3 Å². The molecule has 1 aromatic heterocycles. The number of methoxy groups -OCH3 is 1. The molecule has 0 saturated heterocycles. The van der Waals surface area contributed by atoms with E-state index in [4.69, 9.17) is 5.26 Å². The Kier molecular flexibility index (Phi) is 2.92. The summed E-state index contributed by atoms with van der Waals surface area (Å²) < 4.78 is 41.7. The third-order valence-electron chi connectivity index (χ3n) is 1.51. The normalized spacial score (nSPS) is 10.0. The van der Waals surface area contributed by atoms with Crippen molar-refractivity contribution in [1.29, 1.82) is 5.26 Å². The molecule has 0 spiro atoms. The molecule has 74 valence electrons. The second-order valence-corrected chi connectivity index (χ2v) is 2.33. The fourth-order valence-electron chi connectivity index (χ4n) is 0.884. The molecule has 0 aliphatic heterocycles.